The smallest absolute Gasteiger partial charge is 0.251 e. The van der Waals surface area contributed by atoms with Gasteiger partial charge in [-0.3, -0.25) is 9.78 Å². The van der Waals surface area contributed by atoms with Gasteiger partial charge in [0, 0.05) is 25.7 Å². The Morgan fingerprint density at radius 3 is 2.42 bits per heavy atom. The molecule has 0 spiro atoms. The number of carbonyl (C=O) groups excluding carboxylic acids is 1. The number of anilines is 1. The van der Waals surface area contributed by atoms with Crippen molar-refractivity contribution in [3.05, 3.63) is 54.2 Å². The molecule has 0 atom stereocenters. The van der Waals surface area contributed by atoms with Crippen LogP contribution in [0.2, 0.25) is 0 Å². The molecule has 26 heavy (non-hydrogen) atoms. The number of hydrogen-bond donors (Lipinski definition) is 1. The van der Waals surface area contributed by atoms with E-state index in [1.54, 1.807) is 7.05 Å². The van der Waals surface area contributed by atoms with Gasteiger partial charge < -0.3 is 10.2 Å². The van der Waals surface area contributed by atoms with Crippen LogP contribution in [0.3, 0.4) is 0 Å². The summed E-state index contributed by atoms with van der Waals surface area (Å²) in [5.41, 5.74) is 4.59. The fraction of sp³-hybridized carbons (Fsp3) is 0.286. The van der Waals surface area contributed by atoms with Crippen molar-refractivity contribution in [3.63, 3.8) is 0 Å². The molecular weight excluding hydrogens is 324 g/mol. The third-order valence-corrected chi connectivity index (χ3v) is 4.92. The minimum Gasteiger partial charge on any atom is -0.355 e. The Labute approximate surface area is 153 Å². The van der Waals surface area contributed by atoms with Gasteiger partial charge in [-0.1, -0.05) is 18.2 Å². The predicted octanol–water partition coefficient (Wildman–Crippen LogP) is 3.65. The zero-order chi connectivity index (χ0) is 17.9. The van der Waals surface area contributed by atoms with Gasteiger partial charge in [-0.05, 0) is 54.7 Å². The van der Waals surface area contributed by atoms with Crippen LogP contribution in [0.4, 0.5) is 5.82 Å². The standard InChI is InChI=1S/C21H22N4O/c1-22-21(26)16-7-5-15(6-8-16)17-9-10-18-19(13-17)24-20(14-23-18)25-11-3-2-4-12-25/h5-10,13-14H,2-4,11-12H2,1H3,(H,22,26). The highest BCUT2D eigenvalue weighted by atomic mass is 16.1. The van der Waals surface area contributed by atoms with Gasteiger partial charge in [0.05, 0.1) is 17.2 Å². The van der Waals surface area contributed by atoms with E-state index in [0.29, 0.717) is 5.56 Å². The summed E-state index contributed by atoms with van der Waals surface area (Å²) in [4.78, 5) is 23.4. The SMILES string of the molecule is CNC(=O)c1ccc(-c2ccc3ncc(N4CCCCC4)nc3c2)cc1. The number of aromatic nitrogens is 2. The molecule has 0 radical (unpaired) electrons. The number of fused-ring (bicyclic) bond motifs is 1. The van der Waals surface area contributed by atoms with E-state index >= 15 is 0 Å². The van der Waals surface area contributed by atoms with Gasteiger partial charge in [0.15, 0.2) is 0 Å². The minimum atomic E-state index is -0.0768. The molecule has 1 aliphatic rings. The molecule has 5 nitrogen and oxygen atoms in total. The average molecular weight is 346 g/mol. The van der Waals surface area contributed by atoms with Gasteiger partial charge in [0.25, 0.3) is 5.91 Å². The second kappa shape index (κ2) is 7.12. The summed E-state index contributed by atoms with van der Waals surface area (Å²) < 4.78 is 0. The fourth-order valence-electron chi connectivity index (χ4n) is 3.42. The molecule has 0 saturated carbocycles. The Balaban J connectivity index is 1.66. The van der Waals surface area contributed by atoms with E-state index in [-0.39, 0.29) is 5.91 Å². The second-order valence-electron chi connectivity index (χ2n) is 6.64. The van der Waals surface area contributed by atoms with Crippen LogP contribution in [0.25, 0.3) is 22.2 Å². The first-order valence-electron chi connectivity index (χ1n) is 9.09. The molecule has 2 aromatic carbocycles. The molecule has 1 aromatic heterocycles. The van der Waals surface area contributed by atoms with Gasteiger partial charge >= 0.3 is 0 Å². The Hall–Kier alpha value is -2.95. The van der Waals surface area contributed by atoms with E-state index in [2.05, 4.69) is 21.3 Å². The van der Waals surface area contributed by atoms with E-state index in [1.165, 1.54) is 19.3 Å². The first-order valence-corrected chi connectivity index (χ1v) is 9.09. The maximum absolute atomic E-state index is 11.7. The van der Waals surface area contributed by atoms with E-state index in [0.717, 1.165) is 41.1 Å². The van der Waals surface area contributed by atoms with Crippen molar-refractivity contribution < 1.29 is 4.79 Å². The van der Waals surface area contributed by atoms with Crippen molar-refractivity contribution in [3.8, 4) is 11.1 Å². The minimum absolute atomic E-state index is 0.0768. The van der Waals surface area contributed by atoms with Crippen LogP contribution < -0.4 is 10.2 Å². The number of nitrogens with zero attached hydrogens (tertiary/aromatic N) is 3. The van der Waals surface area contributed by atoms with Crippen LogP contribution in [0.5, 0.6) is 0 Å². The first-order chi connectivity index (χ1) is 12.7. The monoisotopic (exact) mass is 346 g/mol. The van der Waals surface area contributed by atoms with Gasteiger partial charge in [-0.2, -0.15) is 0 Å². The molecule has 1 saturated heterocycles. The number of hydrogen-bond acceptors (Lipinski definition) is 4. The highest BCUT2D eigenvalue weighted by Gasteiger charge is 2.13. The van der Waals surface area contributed by atoms with Crippen molar-refractivity contribution in [1.82, 2.24) is 15.3 Å². The third kappa shape index (κ3) is 3.25. The molecule has 0 bridgehead atoms. The maximum atomic E-state index is 11.7. The van der Waals surface area contributed by atoms with Crippen molar-refractivity contribution in [1.29, 1.82) is 0 Å². The molecule has 1 aliphatic heterocycles. The zero-order valence-electron chi connectivity index (χ0n) is 14.9. The summed E-state index contributed by atoms with van der Waals surface area (Å²) in [5.74, 6) is 0.886. The summed E-state index contributed by atoms with van der Waals surface area (Å²) in [7, 11) is 1.64. The number of nitrogens with one attached hydrogen (secondary N) is 1. The summed E-state index contributed by atoms with van der Waals surface area (Å²) >= 11 is 0. The molecule has 1 N–H and O–H groups in total. The predicted molar refractivity (Wildman–Crippen MR) is 104 cm³/mol. The fourth-order valence-corrected chi connectivity index (χ4v) is 3.42. The quantitative estimate of drug-likeness (QED) is 0.786. The van der Waals surface area contributed by atoms with E-state index in [4.69, 9.17) is 4.98 Å². The highest BCUT2D eigenvalue weighted by Crippen LogP contribution is 2.25. The van der Waals surface area contributed by atoms with E-state index in [9.17, 15) is 4.79 Å². The van der Waals surface area contributed by atoms with Crippen molar-refractivity contribution in [2.75, 3.05) is 25.0 Å². The number of rotatable bonds is 3. The van der Waals surface area contributed by atoms with E-state index < -0.39 is 0 Å². The lowest BCUT2D eigenvalue weighted by Crippen LogP contribution is -2.30. The van der Waals surface area contributed by atoms with Crippen molar-refractivity contribution >= 4 is 22.8 Å². The molecule has 4 rings (SSSR count). The number of piperidine rings is 1. The summed E-state index contributed by atoms with van der Waals surface area (Å²) in [6, 6.07) is 13.7. The number of amides is 1. The normalized spacial score (nSPS) is 14.4. The maximum Gasteiger partial charge on any atom is 0.251 e. The van der Waals surface area contributed by atoms with Crippen LogP contribution in [0, 0.1) is 0 Å². The van der Waals surface area contributed by atoms with Crippen LogP contribution in [0.15, 0.2) is 48.7 Å². The van der Waals surface area contributed by atoms with Crippen LogP contribution in [-0.4, -0.2) is 36.0 Å². The molecular formula is C21H22N4O. The topological polar surface area (TPSA) is 58.1 Å². The number of carbonyl (C=O) groups is 1. The lowest BCUT2D eigenvalue weighted by atomic mass is 10.0. The second-order valence-corrected chi connectivity index (χ2v) is 6.64. The molecule has 5 heteroatoms. The lowest BCUT2D eigenvalue weighted by Gasteiger charge is -2.27. The van der Waals surface area contributed by atoms with Gasteiger partial charge in [0.1, 0.15) is 5.82 Å². The van der Waals surface area contributed by atoms with Gasteiger partial charge in [0.2, 0.25) is 0 Å². The van der Waals surface area contributed by atoms with Crippen LogP contribution >= 0.6 is 0 Å². The van der Waals surface area contributed by atoms with Gasteiger partial charge in [-0.25, -0.2) is 4.98 Å². The number of benzene rings is 2. The summed E-state index contributed by atoms with van der Waals surface area (Å²) in [6.45, 7) is 2.11. The molecule has 0 unspecified atom stereocenters. The summed E-state index contributed by atoms with van der Waals surface area (Å²) in [6.07, 6.45) is 5.62. The van der Waals surface area contributed by atoms with Crippen LogP contribution in [0.1, 0.15) is 29.6 Å². The lowest BCUT2D eigenvalue weighted by molar-refractivity contribution is 0.0963. The molecule has 0 aliphatic carbocycles. The first kappa shape index (κ1) is 16.5. The molecule has 1 fully saturated rings. The summed E-state index contributed by atoms with van der Waals surface area (Å²) in [5, 5.41) is 2.64. The average Bonchev–Trinajstić information content (AvgIpc) is 2.73. The largest absolute Gasteiger partial charge is 0.355 e. The Morgan fingerprint density at radius 2 is 1.69 bits per heavy atom. The Kier molecular flexibility index (Phi) is 4.52. The zero-order valence-corrected chi connectivity index (χ0v) is 14.9. The highest BCUT2D eigenvalue weighted by molar-refractivity contribution is 5.94. The van der Waals surface area contributed by atoms with Crippen molar-refractivity contribution in [2.24, 2.45) is 0 Å². The molecule has 132 valence electrons. The van der Waals surface area contributed by atoms with E-state index in [1.807, 2.05) is 42.6 Å². The Bertz CT molecular complexity index is 930. The molecule has 1 amide bonds. The molecule has 2 heterocycles. The third-order valence-electron chi connectivity index (χ3n) is 4.92. The van der Waals surface area contributed by atoms with Crippen molar-refractivity contribution in [2.45, 2.75) is 19.3 Å². The Morgan fingerprint density at radius 1 is 0.962 bits per heavy atom. The van der Waals surface area contributed by atoms with Gasteiger partial charge in [-0.15, -0.1) is 0 Å². The molecule has 3 aromatic rings. The van der Waals surface area contributed by atoms with Crippen LogP contribution in [-0.2, 0) is 0 Å².